The minimum Gasteiger partial charge on any atom is -0.354 e. The Kier molecular flexibility index (Phi) is 6.35. The zero-order chi connectivity index (χ0) is 17.8. The molecule has 0 spiro atoms. The highest BCUT2D eigenvalue weighted by Gasteiger charge is 2.47. The van der Waals surface area contributed by atoms with Crippen LogP contribution in [-0.4, -0.2) is 41.5 Å². The van der Waals surface area contributed by atoms with Crippen LogP contribution in [0.3, 0.4) is 0 Å². The molecule has 25 heavy (non-hydrogen) atoms. The Morgan fingerprint density at radius 3 is 2.52 bits per heavy atom. The monoisotopic (exact) mass is 442 g/mol. The largest absolute Gasteiger partial charge is 0.354 e. The maximum Gasteiger partial charge on any atom is 0.240 e. The fourth-order valence-electron chi connectivity index (χ4n) is 3.09. The Morgan fingerprint density at radius 1 is 1.24 bits per heavy atom. The average Bonchev–Trinajstić information content (AvgIpc) is 3.12. The lowest BCUT2D eigenvalue weighted by atomic mass is 9.85. The van der Waals surface area contributed by atoms with Crippen molar-refractivity contribution in [2.24, 2.45) is 11.8 Å². The number of imide groups is 1. The van der Waals surface area contributed by atoms with Crippen molar-refractivity contribution >= 4 is 56.8 Å². The van der Waals surface area contributed by atoms with E-state index < -0.39 is 0 Å². The minimum absolute atomic E-state index is 0.160. The van der Waals surface area contributed by atoms with E-state index in [1.54, 1.807) is 23.1 Å². The molecule has 2 heterocycles. The summed E-state index contributed by atoms with van der Waals surface area (Å²) in [6, 6.07) is 4.11. The van der Waals surface area contributed by atoms with Gasteiger partial charge in [0.05, 0.1) is 15.6 Å². The van der Waals surface area contributed by atoms with Crippen LogP contribution in [0.25, 0.3) is 0 Å². The van der Waals surface area contributed by atoms with Gasteiger partial charge in [0.25, 0.3) is 0 Å². The number of thiophene rings is 1. The number of carbonyl (C=O) groups is 3. The molecule has 1 fully saturated rings. The summed E-state index contributed by atoms with van der Waals surface area (Å²) >= 11 is 6.88. The molecule has 1 aromatic rings. The number of hydrogen-bond acceptors (Lipinski definition) is 5. The second-order valence-electron chi connectivity index (χ2n) is 6.03. The molecule has 2 atom stereocenters. The Balaban J connectivity index is 1.38. The van der Waals surface area contributed by atoms with Gasteiger partial charge in [-0.25, -0.2) is 0 Å². The predicted octanol–water partition coefficient (Wildman–Crippen LogP) is 2.81. The lowest BCUT2D eigenvalue weighted by molar-refractivity contribution is -0.143. The first kappa shape index (κ1) is 18.7. The Bertz CT molecular complexity index is 678. The first-order chi connectivity index (χ1) is 12.1. The number of carbonyl (C=O) groups excluding carboxylic acids is 3. The molecule has 0 bridgehead atoms. The highest BCUT2D eigenvalue weighted by Crippen LogP contribution is 2.34. The number of halogens is 1. The van der Waals surface area contributed by atoms with E-state index in [1.807, 2.05) is 18.2 Å². The standard InChI is InChI=1S/C17H19BrN2O3S2/c18-14-6-5-11(25-14)10-24-8-7-19-15(21)9-20-16(22)12-3-1-2-4-13(12)17(20)23/h1-2,5-6,12-13H,3-4,7-10H2,(H,19,21)/t12-,13-/m0/s1. The van der Waals surface area contributed by atoms with Crippen LogP contribution in [0.2, 0.25) is 0 Å². The summed E-state index contributed by atoms with van der Waals surface area (Å²) < 4.78 is 1.12. The van der Waals surface area contributed by atoms with Gasteiger partial charge in [0.1, 0.15) is 6.54 Å². The molecule has 3 rings (SSSR count). The van der Waals surface area contributed by atoms with Gasteiger partial charge >= 0.3 is 0 Å². The highest BCUT2D eigenvalue weighted by molar-refractivity contribution is 9.11. The van der Waals surface area contributed by atoms with Gasteiger partial charge in [-0.15, -0.1) is 11.3 Å². The quantitative estimate of drug-likeness (QED) is 0.400. The number of likely N-dealkylation sites (tertiary alicyclic amines) is 1. The van der Waals surface area contributed by atoms with Crippen LogP contribution in [0.1, 0.15) is 17.7 Å². The van der Waals surface area contributed by atoms with Gasteiger partial charge in [0, 0.05) is 22.9 Å². The van der Waals surface area contributed by atoms with Crippen LogP contribution in [-0.2, 0) is 20.1 Å². The zero-order valence-corrected chi connectivity index (χ0v) is 16.8. The summed E-state index contributed by atoms with van der Waals surface area (Å²) in [5.41, 5.74) is 0. The summed E-state index contributed by atoms with van der Waals surface area (Å²) in [7, 11) is 0. The van der Waals surface area contributed by atoms with Gasteiger partial charge in [-0.1, -0.05) is 12.2 Å². The summed E-state index contributed by atoms with van der Waals surface area (Å²) in [4.78, 5) is 39.1. The lowest BCUT2D eigenvalue weighted by Crippen LogP contribution is -2.41. The van der Waals surface area contributed by atoms with Gasteiger partial charge in [0.15, 0.2) is 0 Å². The van der Waals surface area contributed by atoms with E-state index in [9.17, 15) is 14.4 Å². The van der Waals surface area contributed by atoms with Crippen molar-refractivity contribution in [3.05, 3.63) is 32.9 Å². The molecule has 1 aromatic heterocycles. The Hall–Kier alpha value is -1.12. The SMILES string of the molecule is O=C(CN1C(=O)[C@H]2CC=CC[C@@H]2C1=O)NCCSCc1ccc(Br)s1. The van der Waals surface area contributed by atoms with E-state index in [0.29, 0.717) is 19.4 Å². The van der Waals surface area contributed by atoms with Crippen molar-refractivity contribution in [1.29, 1.82) is 0 Å². The van der Waals surface area contributed by atoms with E-state index in [0.717, 1.165) is 20.2 Å². The van der Waals surface area contributed by atoms with Crippen molar-refractivity contribution in [1.82, 2.24) is 10.2 Å². The predicted molar refractivity (Wildman–Crippen MR) is 103 cm³/mol. The third kappa shape index (κ3) is 4.54. The third-order valence-electron chi connectivity index (χ3n) is 4.34. The summed E-state index contributed by atoms with van der Waals surface area (Å²) in [5.74, 6) is 0.480. The maximum atomic E-state index is 12.3. The van der Waals surface area contributed by atoms with Gasteiger partial charge in [-0.2, -0.15) is 11.8 Å². The van der Waals surface area contributed by atoms with Gasteiger partial charge in [-0.05, 0) is 40.9 Å². The number of amides is 3. The molecule has 1 N–H and O–H groups in total. The number of hydrogen-bond donors (Lipinski definition) is 1. The Labute approximate surface area is 163 Å². The second-order valence-corrected chi connectivity index (χ2v) is 9.68. The molecule has 0 aromatic carbocycles. The second kappa shape index (κ2) is 8.51. The van der Waals surface area contributed by atoms with Gasteiger partial charge in [0.2, 0.25) is 17.7 Å². The van der Waals surface area contributed by atoms with Crippen molar-refractivity contribution in [2.45, 2.75) is 18.6 Å². The van der Waals surface area contributed by atoms with Crippen LogP contribution in [0.15, 0.2) is 28.1 Å². The molecule has 8 heteroatoms. The van der Waals surface area contributed by atoms with E-state index >= 15 is 0 Å². The molecule has 0 unspecified atom stereocenters. The van der Waals surface area contributed by atoms with E-state index in [1.165, 1.54) is 4.88 Å². The molecule has 1 aliphatic carbocycles. The first-order valence-corrected chi connectivity index (χ1v) is 10.9. The fraction of sp³-hybridized carbons (Fsp3) is 0.471. The highest BCUT2D eigenvalue weighted by atomic mass is 79.9. The van der Waals surface area contributed by atoms with Gasteiger partial charge in [-0.3, -0.25) is 19.3 Å². The molecule has 2 aliphatic rings. The molecule has 1 saturated heterocycles. The van der Waals surface area contributed by atoms with Gasteiger partial charge < -0.3 is 5.32 Å². The number of rotatable bonds is 7. The van der Waals surface area contributed by atoms with Crippen LogP contribution < -0.4 is 5.32 Å². The van der Waals surface area contributed by atoms with Crippen molar-refractivity contribution < 1.29 is 14.4 Å². The van der Waals surface area contributed by atoms with Crippen LogP contribution in [0, 0.1) is 11.8 Å². The third-order valence-corrected chi connectivity index (χ3v) is 7.16. The number of nitrogens with one attached hydrogen (secondary N) is 1. The van der Waals surface area contributed by atoms with Crippen LogP contribution in [0.5, 0.6) is 0 Å². The van der Waals surface area contributed by atoms with Crippen molar-refractivity contribution in [3.63, 3.8) is 0 Å². The molecule has 0 saturated carbocycles. The van der Waals surface area contributed by atoms with E-state index in [4.69, 9.17) is 0 Å². The number of nitrogens with zero attached hydrogens (tertiary/aromatic N) is 1. The molecule has 1 aliphatic heterocycles. The fourth-order valence-corrected chi connectivity index (χ4v) is 5.54. The zero-order valence-electron chi connectivity index (χ0n) is 13.6. The summed E-state index contributed by atoms with van der Waals surface area (Å²) in [6.45, 7) is 0.369. The van der Waals surface area contributed by atoms with Crippen LogP contribution in [0.4, 0.5) is 0 Å². The molecule has 134 valence electrons. The topological polar surface area (TPSA) is 66.5 Å². The van der Waals surface area contributed by atoms with Crippen molar-refractivity contribution in [3.8, 4) is 0 Å². The smallest absolute Gasteiger partial charge is 0.240 e. The summed E-state index contributed by atoms with van der Waals surface area (Å²) in [5, 5.41) is 2.80. The number of allylic oxidation sites excluding steroid dienone is 2. The summed E-state index contributed by atoms with van der Waals surface area (Å²) in [6.07, 6.45) is 5.09. The van der Waals surface area contributed by atoms with Crippen molar-refractivity contribution in [2.75, 3.05) is 18.8 Å². The number of fused-ring (bicyclic) bond motifs is 1. The minimum atomic E-state index is -0.272. The molecular weight excluding hydrogens is 424 g/mol. The number of thioether (sulfide) groups is 1. The lowest BCUT2D eigenvalue weighted by Gasteiger charge is -2.14. The van der Waals surface area contributed by atoms with E-state index in [-0.39, 0.29) is 36.1 Å². The molecule has 3 amide bonds. The Morgan fingerprint density at radius 2 is 1.92 bits per heavy atom. The normalized spacial score (nSPS) is 22.4. The molecular formula is C17H19BrN2O3S2. The molecule has 5 nitrogen and oxygen atoms in total. The first-order valence-electron chi connectivity index (χ1n) is 8.15. The maximum absolute atomic E-state index is 12.3. The van der Waals surface area contributed by atoms with E-state index in [2.05, 4.69) is 27.3 Å². The van der Waals surface area contributed by atoms with Crippen LogP contribution >= 0.6 is 39.0 Å². The average molecular weight is 443 g/mol. The molecule has 0 radical (unpaired) electrons.